The predicted octanol–water partition coefficient (Wildman–Crippen LogP) is 3.02. The summed E-state index contributed by atoms with van der Waals surface area (Å²) in [5, 5.41) is 16.5. The highest BCUT2D eigenvalue weighted by Crippen LogP contribution is 2.28. The van der Waals surface area contributed by atoms with Crippen LogP contribution in [0.2, 0.25) is 0 Å². The number of hydrogen-bond acceptors (Lipinski definition) is 9. The molecule has 3 aromatic heterocycles. The number of aryl methyl sites for hydroxylation is 1. The van der Waals surface area contributed by atoms with Crippen LogP contribution in [0.25, 0.3) is 16.6 Å². The third-order valence-electron chi connectivity index (χ3n) is 6.42. The number of benzene rings is 1. The highest BCUT2D eigenvalue weighted by atomic mass is 16.5. The minimum atomic E-state index is -0.449. The summed E-state index contributed by atoms with van der Waals surface area (Å²) in [7, 11) is 0. The van der Waals surface area contributed by atoms with Gasteiger partial charge in [-0.25, -0.2) is 4.79 Å². The number of ether oxygens (including phenoxy) is 1. The molecule has 1 saturated heterocycles. The van der Waals surface area contributed by atoms with Crippen LogP contribution in [-0.2, 0) is 16.1 Å². The van der Waals surface area contributed by atoms with E-state index in [2.05, 4.69) is 39.4 Å². The van der Waals surface area contributed by atoms with Crippen LogP contribution in [0.4, 0.5) is 5.82 Å². The molecule has 0 radical (unpaired) electrons. The quantitative estimate of drug-likeness (QED) is 0.326. The summed E-state index contributed by atoms with van der Waals surface area (Å²) in [4.78, 5) is 27.0. The molecule has 176 valence electrons. The molecule has 10 nitrogen and oxygen atoms in total. The van der Waals surface area contributed by atoms with Crippen molar-refractivity contribution in [1.82, 2.24) is 25.3 Å². The first-order chi connectivity index (χ1) is 16.4. The van der Waals surface area contributed by atoms with Gasteiger partial charge < -0.3 is 14.1 Å². The van der Waals surface area contributed by atoms with Gasteiger partial charge in [0.2, 0.25) is 0 Å². The zero-order chi connectivity index (χ0) is 23.8. The number of fused-ring (bicyclic) bond motifs is 2. The SMILES string of the molecule is Cc1cc2oc(=O)cc(COC(=O)C3CCN(c4ccc5nnnn5n4)CC3)c2cc1C(C)C. The predicted molar refractivity (Wildman–Crippen MR) is 125 cm³/mol. The smallest absolute Gasteiger partial charge is 0.336 e. The lowest BCUT2D eigenvalue weighted by atomic mass is 9.95. The summed E-state index contributed by atoms with van der Waals surface area (Å²) in [5.41, 5.74) is 3.56. The highest BCUT2D eigenvalue weighted by Gasteiger charge is 2.27. The monoisotopic (exact) mass is 462 g/mol. The average molecular weight is 463 g/mol. The standard InChI is InChI=1S/C24H26N6O4/c1-14(2)18-12-19-17(11-23(31)34-20(19)10-15(18)3)13-33-24(32)16-6-8-29(9-7-16)22-5-4-21-25-27-28-30(21)26-22/h4-5,10-12,14,16H,6-9,13H2,1-3H3. The van der Waals surface area contributed by atoms with Crippen LogP contribution in [0.1, 0.15) is 49.3 Å². The van der Waals surface area contributed by atoms with Crippen LogP contribution < -0.4 is 10.5 Å². The Morgan fingerprint density at radius 3 is 2.76 bits per heavy atom. The molecule has 0 atom stereocenters. The van der Waals surface area contributed by atoms with Crippen LogP contribution >= 0.6 is 0 Å². The minimum Gasteiger partial charge on any atom is -0.461 e. The molecule has 10 heteroatoms. The number of carbonyl (C=O) groups excluding carboxylic acids is 1. The Morgan fingerprint density at radius 2 is 2.00 bits per heavy atom. The molecule has 4 heterocycles. The van der Waals surface area contributed by atoms with E-state index in [1.807, 2.05) is 31.2 Å². The van der Waals surface area contributed by atoms with Gasteiger partial charge in [0.25, 0.3) is 0 Å². The van der Waals surface area contributed by atoms with E-state index in [0.717, 1.165) is 16.8 Å². The Labute approximate surface area is 195 Å². The Morgan fingerprint density at radius 1 is 1.21 bits per heavy atom. The summed E-state index contributed by atoms with van der Waals surface area (Å²) in [6, 6.07) is 9.03. The Bertz CT molecular complexity index is 1420. The molecule has 0 unspecified atom stereocenters. The van der Waals surface area contributed by atoms with E-state index in [9.17, 15) is 9.59 Å². The lowest BCUT2D eigenvalue weighted by molar-refractivity contribution is -0.150. The Kier molecular flexibility index (Phi) is 5.72. The summed E-state index contributed by atoms with van der Waals surface area (Å²) in [5.74, 6) is 0.646. The van der Waals surface area contributed by atoms with Gasteiger partial charge in [-0.1, -0.05) is 13.8 Å². The van der Waals surface area contributed by atoms with Crippen molar-refractivity contribution in [3.8, 4) is 0 Å². The molecule has 0 saturated carbocycles. The molecule has 1 aromatic carbocycles. The van der Waals surface area contributed by atoms with Crippen LogP contribution in [0.15, 0.2) is 39.5 Å². The second kappa shape index (κ2) is 8.85. The van der Waals surface area contributed by atoms with Crippen molar-refractivity contribution in [2.45, 2.75) is 46.1 Å². The number of carbonyl (C=O) groups is 1. The van der Waals surface area contributed by atoms with Crippen molar-refractivity contribution < 1.29 is 13.9 Å². The van der Waals surface area contributed by atoms with Gasteiger partial charge in [0.15, 0.2) is 11.5 Å². The fourth-order valence-corrected chi connectivity index (χ4v) is 4.55. The highest BCUT2D eigenvalue weighted by molar-refractivity contribution is 5.82. The van der Waals surface area contributed by atoms with Gasteiger partial charge in [0.1, 0.15) is 12.2 Å². The maximum atomic E-state index is 12.8. The van der Waals surface area contributed by atoms with Gasteiger partial charge >= 0.3 is 11.6 Å². The number of nitrogens with zero attached hydrogens (tertiary/aromatic N) is 6. The molecule has 0 N–H and O–H groups in total. The third kappa shape index (κ3) is 4.23. The van der Waals surface area contributed by atoms with Gasteiger partial charge in [-0.05, 0) is 71.5 Å². The van der Waals surface area contributed by atoms with Gasteiger partial charge in [0.05, 0.1) is 5.92 Å². The van der Waals surface area contributed by atoms with Crippen LogP contribution in [0, 0.1) is 12.8 Å². The van der Waals surface area contributed by atoms with Crippen molar-refractivity contribution in [2.75, 3.05) is 18.0 Å². The van der Waals surface area contributed by atoms with Gasteiger partial charge in [-0.3, -0.25) is 4.79 Å². The van der Waals surface area contributed by atoms with E-state index < -0.39 is 5.63 Å². The Balaban J connectivity index is 1.26. The fraction of sp³-hybridized carbons (Fsp3) is 0.417. The van der Waals surface area contributed by atoms with Crippen LogP contribution in [-0.4, -0.2) is 44.3 Å². The van der Waals surface area contributed by atoms with E-state index >= 15 is 0 Å². The largest absolute Gasteiger partial charge is 0.461 e. The maximum absolute atomic E-state index is 12.8. The molecule has 4 aromatic rings. The molecule has 0 spiro atoms. The number of aromatic nitrogens is 5. The van der Waals surface area contributed by atoms with Crippen LogP contribution in [0.5, 0.6) is 0 Å². The van der Waals surface area contributed by atoms with E-state index in [4.69, 9.17) is 9.15 Å². The molecule has 1 fully saturated rings. The van der Waals surface area contributed by atoms with Gasteiger partial charge in [0, 0.05) is 30.1 Å². The van der Waals surface area contributed by atoms with Gasteiger partial charge in [-0.2, -0.15) is 0 Å². The zero-order valence-electron chi connectivity index (χ0n) is 19.4. The minimum absolute atomic E-state index is 0.0409. The van der Waals surface area contributed by atoms with Crippen LogP contribution in [0.3, 0.4) is 0 Å². The third-order valence-corrected chi connectivity index (χ3v) is 6.42. The second-order valence-electron chi connectivity index (χ2n) is 9.04. The first kappa shape index (κ1) is 22.0. The normalized spacial score (nSPS) is 14.9. The molecule has 0 bridgehead atoms. The number of anilines is 1. The molecule has 1 aliphatic heterocycles. The fourth-order valence-electron chi connectivity index (χ4n) is 4.55. The van der Waals surface area contributed by atoms with Crippen molar-refractivity contribution >= 4 is 28.4 Å². The van der Waals surface area contributed by atoms with Gasteiger partial charge in [-0.15, -0.1) is 14.8 Å². The lowest BCUT2D eigenvalue weighted by Gasteiger charge is -2.31. The number of rotatable bonds is 5. The van der Waals surface area contributed by atoms with E-state index in [1.54, 1.807) is 0 Å². The Hall–Kier alpha value is -3.82. The number of tetrazole rings is 1. The molecule has 34 heavy (non-hydrogen) atoms. The summed E-state index contributed by atoms with van der Waals surface area (Å²) in [6.45, 7) is 7.64. The van der Waals surface area contributed by atoms with E-state index in [1.165, 1.54) is 16.3 Å². The summed E-state index contributed by atoms with van der Waals surface area (Å²) in [6.07, 6.45) is 1.31. The molecular weight excluding hydrogens is 436 g/mol. The molecule has 1 aliphatic rings. The topological polar surface area (TPSA) is 116 Å². The number of esters is 1. The van der Waals surface area contributed by atoms with Crippen molar-refractivity contribution in [2.24, 2.45) is 5.92 Å². The molecule has 0 aliphatic carbocycles. The van der Waals surface area contributed by atoms with Crippen molar-refractivity contribution in [1.29, 1.82) is 0 Å². The van der Waals surface area contributed by atoms with E-state index in [-0.39, 0.29) is 18.5 Å². The van der Waals surface area contributed by atoms with Crippen molar-refractivity contribution in [3.05, 3.63) is 57.4 Å². The second-order valence-corrected chi connectivity index (χ2v) is 9.04. The van der Waals surface area contributed by atoms with E-state index in [0.29, 0.717) is 48.6 Å². The summed E-state index contributed by atoms with van der Waals surface area (Å²) >= 11 is 0. The molecular formula is C24H26N6O4. The lowest BCUT2D eigenvalue weighted by Crippen LogP contribution is -2.37. The van der Waals surface area contributed by atoms with Crippen molar-refractivity contribution in [3.63, 3.8) is 0 Å². The number of hydrogen-bond donors (Lipinski definition) is 0. The average Bonchev–Trinajstić information content (AvgIpc) is 3.29. The number of piperidine rings is 1. The zero-order valence-corrected chi connectivity index (χ0v) is 19.4. The first-order valence-electron chi connectivity index (χ1n) is 11.4. The molecule has 0 amide bonds. The molecule has 5 rings (SSSR count). The first-order valence-corrected chi connectivity index (χ1v) is 11.4. The maximum Gasteiger partial charge on any atom is 0.336 e. The summed E-state index contributed by atoms with van der Waals surface area (Å²) < 4.78 is 12.5.